The Kier molecular flexibility index (Phi) is 2.28. The zero-order valence-electron chi connectivity index (χ0n) is 6.62. The molecule has 0 radical (unpaired) electrons. The smallest absolute Gasteiger partial charge is 0.0741 e. The van der Waals surface area contributed by atoms with Crippen LogP contribution < -0.4 is 5.73 Å². The number of hydrogen-bond donors (Lipinski definition) is 2. The molecule has 3 nitrogen and oxygen atoms in total. The summed E-state index contributed by atoms with van der Waals surface area (Å²) < 4.78 is 0. The average Bonchev–Trinajstić information content (AvgIpc) is 1.82. The molecule has 10 heavy (non-hydrogen) atoms. The summed E-state index contributed by atoms with van der Waals surface area (Å²) in [4.78, 5) is 2.15. The van der Waals surface area contributed by atoms with Crippen LogP contribution in [0.4, 0.5) is 0 Å². The highest BCUT2D eigenvalue weighted by Crippen LogP contribution is 2.13. The Hall–Kier alpha value is -0.120. The highest BCUT2D eigenvalue weighted by atomic mass is 16.3. The highest BCUT2D eigenvalue weighted by molar-refractivity contribution is 4.85. The van der Waals surface area contributed by atoms with Crippen molar-refractivity contribution in [2.75, 3.05) is 20.1 Å². The fraction of sp³-hybridized carbons (Fsp3) is 1.00. The summed E-state index contributed by atoms with van der Waals surface area (Å²) in [5.41, 5.74) is 5.67. The van der Waals surface area contributed by atoms with Crippen molar-refractivity contribution in [2.24, 2.45) is 11.7 Å². The number of piperidine rings is 1. The Balaban J connectivity index is 2.49. The largest absolute Gasteiger partial charge is 0.391 e. The molecule has 1 rings (SSSR count). The minimum absolute atomic E-state index is 0.0613. The number of likely N-dealkylation sites (N-methyl/N-ethyl adjacent to an activating group) is 1. The van der Waals surface area contributed by atoms with Crippen molar-refractivity contribution in [1.82, 2.24) is 4.90 Å². The van der Waals surface area contributed by atoms with E-state index in [1.807, 2.05) is 14.0 Å². The van der Waals surface area contributed by atoms with E-state index in [4.69, 9.17) is 5.73 Å². The molecule has 0 aromatic heterocycles. The van der Waals surface area contributed by atoms with Gasteiger partial charge in [-0.2, -0.15) is 0 Å². The van der Waals surface area contributed by atoms with Gasteiger partial charge in [0.05, 0.1) is 6.10 Å². The van der Waals surface area contributed by atoms with E-state index in [1.165, 1.54) is 0 Å². The van der Waals surface area contributed by atoms with Gasteiger partial charge < -0.3 is 15.7 Å². The van der Waals surface area contributed by atoms with Crippen LogP contribution in [0.3, 0.4) is 0 Å². The van der Waals surface area contributed by atoms with Gasteiger partial charge in [-0.3, -0.25) is 0 Å². The topological polar surface area (TPSA) is 49.5 Å². The molecular formula is C7H16N2O. The maximum atomic E-state index is 9.41. The quantitative estimate of drug-likeness (QED) is 0.470. The number of aliphatic hydroxyl groups is 1. The van der Waals surface area contributed by atoms with Gasteiger partial charge in [-0.25, -0.2) is 0 Å². The number of hydrogen-bond acceptors (Lipinski definition) is 3. The molecule has 0 saturated carbocycles. The van der Waals surface area contributed by atoms with E-state index >= 15 is 0 Å². The predicted octanol–water partition coefficient (Wildman–Crippen LogP) is -0.744. The molecule has 0 spiro atoms. The third-order valence-corrected chi connectivity index (χ3v) is 2.14. The molecule has 3 heteroatoms. The van der Waals surface area contributed by atoms with E-state index in [0.29, 0.717) is 5.92 Å². The number of nitrogens with two attached hydrogens (primary N) is 1. The van der Waals surface area contributed by atoms with Crippen LogP contribution in [0.1, 0.15) is 6.92 Å². The average molecular weight is 144 g/mol. The number of nitrogens with zero attached hydrogens (tertiary/aromatic N) is 1. The summed E-state index contributed by atoms with van der Waals surface area (Å²) in [6.07, 6.45) is -0.309. The first-order chi connectivity index (χ1) is 4.61. The van der Waals surface area contributed by atoms with Crippen LogP contribution >= 0.6 is 0 Å². The first-order valence-electron chi connectivity index (χ1n) is 3.73. The van der Waals surface area contributed by atoms with E-state index in [2.05, 4.69) is 4.90 Å². The van der Waals surface area contributed by atoms with Crippen LogP contribution in [0.15, 0.2) is 0 Å². The Morgan fingerprint density at radius 3 is 2.60 bits per heavy atom. The minimum Gasteiger partial charge on any atom is -0.391 e. The number of rotatable bonds is 0. The summed E-state index contributed by atoms with van der Waals surface area (Å²) in [5, 5.41) is 9.41. The van der Waals surface area contributed by atoms with Gasteiger partial charge in [0, 0.05) is 19.1 Å². The lowest BCUT2D eigenvalue weighted by Gasteiger charge is -2.36. The molecule has 0 aromatic rings. The molecular weight excluding hydrogens is 128 g/mol. The Morgan fingerprint density at radius 2 is 2.10 bits per heavy atom. The van der Waals surface area contributed by atoms with E-state index in [1.54, 1.807) is 0 Å². The summed E-state index contributed by atoms with van der Waals surface area (Å²) >= 11 is 0. The standard InChI is InChI=1S/C7H16N2O/c1-5-3-9(2)4-6(8)7(5)10/h5-7,10H,3-4,8H2,1-2H3. The Bertz CT molecular complexity index is 106. The van der Waals surface area contributed by atoms with Crippen molar-refractivity contribution < 1.29 is 5.11 Å². The van der Waals surface area contributed by atoms with Gasteiger partial charge in [0.25, 0.3) is 0 Å². The number of aliphatic hydroxyl groups excluding tert-OH is 1. The molecule has 0 amide bonds. The van der Waals surface area contributed by atoms with Gasteiger partial charge in [0.2, 0.25) is 0 Å². The van der Waals surface area contributed by atoms with Gasteiger partial charge >= 0.3 is 0 Å². The van der Waals surface area contributed by atoms with Crippen LogP contribution in [-0.4, -0.2) is 42.3 Å². The second-order valence-corrected chi connectivity index (χ2v) is 3.35. The van der Waals surface area contributed by atoms with Crippen molar-refractivity contribution in [1.29, 1.82) is 0 Å². The van der Waals surface area contributed by atoms with Gasteiger partial charge in [0.15, 0.2) is 0 Å². The molecule has 60 valence electrons. The molecule has 3 N–H and O–H groups in total. The molecule has 1 saturated heterocycles. The Labute approximate surface area is 61.8 Å². The highest BCUT2D eigenvalue weighted by Gasteiger charge is 2.28. The van der Waals surface area contributed by atoms with Crippen LogP contribution in [0.25, 0.3) is 0 Å². The molecule has 3 unspecified atom stereocenters. The fourth-order valence-corrected chi connectivity index (χ4v) is 1.56. The van der Waals surface area contributed by atoms with E-state index in [0.717, 1.165) is 13.1 Å². The lowest BCUT2D eigenvalue weighted by atomic mass is 9.93. The first kappa shape index (κ1) is 7.98. The summed E-state index contributed by atoms with van der Waals surface area (Å²) in [6.45, 7) is 3.79. The molecule has 1 heterocycles. The fourth-order valence-electron chi connectivity index (χ4n) is 1.56. The molecule has 1 aliphatic heterocycles. The van der Waals surface area contributed by atoms with E-state index in [-0.39, 0.29) is 12.1 Å². The van der Waals surface area contributed by atoms with Crippen LogP contribution in [0, 0.1) is 5.92 Å². The SMILES string of the molecule is CC1CN(C)CC(N)C1O. The van der Waals surface area contributed by atoms with Crippen molar-refractivity contribution in [2.45, 2.75) is 19.1 Å². The van der Waals surface area contributed by atoms with Crippen molar-refractivity contribution >= 4 is 0 Å². The van der Waals surface area contributed by atoms with E-state index < -0.39 is 0 Å². The molecule has 3 atom stereocenters. The Morgan fingerprint density at radius 1 is 1.50 bits per heavy atom. The second-order valence-electron chi connectivity index (χ2n) is 3.35. The van der Waals surface area contributed by atoms with Crippen LogP contribution in [0.2, 0.25) is 0 Å². The van der Waals surface area contributed by atoms with Gasteiger partial charge in [0.1, 0.15) is 0 Å². The van der Waals surface area contributed by atoms with Crippen molar-refractivity contribution in [3.05, 3.63) is 0 Å². The maximum Gasteiger partial charge on any atom is 0.0741 e. The number of likely N-dealkylation sites (tertiary alicyclic amines) is 1. The third-order valence-electron chi connectivity index (χ3n) is 2.14. The lowest BCUT2D eigenvalue weighted by Crippen LogP contribution is -2.54. The van der Waals surface area contributed by atoms with Gasteiger partial charge in [-0.1, -0.05) is 6.92 Å². The third kappa shape index (κ3) is 1.48. The lowest BCUT2D eigenvalue weighted by molar-refractivity contribution is 0.0269. The van der Waals surface area contributed by atoms with Crippen molar-refractivity contribution in [3.63, 3.8) is 0 Å². The van der Waals surface area contributed by atoms with Crippen LogP contribution in [0.5, 0.6) is 0 Å². The van der Waals surface area contributed by atoms with Crippen molar-refractivity contribution in [3.8, 4) is 0 Å². The zero-order valence-corrected chi connectivity index (χ0v) is 6.62. The molecule has 0 aliphatic carbocycles. The maximum absolute atomic E-state index is 9.41. The normalized spacial score (nSPS) is 43.8. The summed E-state index contributed by atoms with van der Waals surface area (Å²) in [6, 6.07) is -0.0613. The monoisotopic (exact) mass is 144 g/mol. The molecule has 0 aromatic carbocycles. The van der Waals surface area contributed by atoms with Crippen LogP contribution in [-0.2, 0) is 0 Å². The molecule has 1 aliphatic rings. The minimum atomic E-state index is -0.309. The second kappa shape index (κ2) is 2.86. The van der Waals surface area contributed by atoms with Gasteiger partial charge in [-0.15, -0.1) is 0 Å². The molecule has 0 bridgehead atoms. The summed E-state index contributed by atoms with van der Waals surface area (Å²) in [7, 11) is 2.03. The zero-order chi connectivity index (χ0) is 7.72. The predicted molar refractivity (Wildman–Crippen MR) is 40.6 cm³/mol. The van der Waals surface area contributed by atoms with Gasteiger partial charge in [-0.05, 0) is 13.0 Å². The van der Waals surface area contributed by atoms with E-state index in [9.17, 15) is 5.11 Å². The molecule has 1 fully saturated rings. The first-order valence-corrected chi connectivity index (χ1v) is 3.73. The summed E-state index contributed by atoms with van der Waals surface area (Å²) in [5.74, 6) is 0.314.